The Morgan fingerprint density at radius 1 is 1.07 bits per heavy atom. The number of fused-ring (bicyclic) bond motifs is 1. The van der Waals surface area contributed by atoms with Crippen LogP contribution in [0.15, 0.2) is 65.4 Å². The summed E-state index contributed by atoms with van der Waals surface area (Å²) in [6.45, 7) is 0. The molecule has 0 saturated heterocycles. The van der Waals surface area contributed by atoms with Gasteiger partial charge in [0.05, 0.1) is 12.6 Å². The van der Waals surface area contributed by atoms with Crippen molar-refractivity contribution in [3.05, 3.63) is 71.0 Å². The maximum atomic E-state index is 12.2. The smallest absolute Gasteiger partial charge is 0.261 e. The van der Waals surface area contributed by atoms with Crippen LogP contribution in [-0.2, 0) is 11.2 Å². The maximum Gasteiger partial charge on any atom is 0.261 e. The van der Waals surface area contributed by atoms with Crippen LogP contribution in [0, 0.1) is 0 Å². The fraction of sp³-hybridized carbons (Fsp3) is 0.0526. The number of H-pyrrole nitrogens is 1. The fourth-order valence-electron chi connectivity index (χ4n) is 2.71. The van der Waals surface area contributed by atoms with Crippen molar-refractivity contribution in [3.63, 3.8) is 0 Å². The Kier molecular flexibility index (Phi) is 4.80. The second-order valence-corrected chi connectivity index (χ2v) is 6.80. The van der Waals surface area contributed by atoms with E-state index in [2.05, 4.69) is 46.9 Å². The summed E-state index contributed by atoms with van der Waals surface area (Å²) in [4.78, 5) is 19.5. The molecule has 0 bridgehead atoms. The lowest BCUT2D eigenvalue weighted by Gasteiger charge is -2.07. The number of hydrogen-bond acceptors (Lipinski definition) is 5. The molecule has 134 valence electrons. The molecule has 4 rings (SSSR count). The number of amides is 1. The number of carbonyl (C=O) groups is 1. The van der Waals surface area contributed by atoms with Crippen LogP contribution in [-0.4, -0.2) is 26.1 Å². The zero-order valence-electron chi connectivity index (χ0n) is 14.1. The molecular weight excluding hydrogens is 408 g/mol. The van der Waals surface area contributed by atoms with E-state index in [0.717, 1.165) is 26.5 Å². The summed E-state index contributed by atoms with van der Waals surface area (Å²) in [6.07, 6.45) is 3.68. The number of carbonyl (C=O) groups excluding carboxylic acids is 1. The first-order chi connectivity index (χ1) is 13.2. The summed E-state index contributed by atoms with van der Waals surface area (Å²) in [5.74, 6) is 0.0310. The van der Waals surface area contributed by atoms with Crippen LogP contribution in [0.5, 0.6) is 0 Å². The second kappa shape index (κ2) is 7.55. The first-order valence-corrected chi connectivity index (χ1v) is 9.04. The monoisotopic (exact) mass is 422 g/mol. The van der Waals surface area contributed by atoms with E-state index in [1.165, 1.54) is 0 Å². The summed E-state index contributed by atoms with van der Waals surface area (Å²) in [5.41, 5.74) is 8.78. The minimum absolute atomic E-state index is 0.194. The zero-order valence-corrected chi connectivity index (χ0v) is 15.7. The number of anilines is 1. The van der Waals surface area contributed by atoms with Gasteiger partial charge in [-0.3, -0.25) is 15.6 Å². The number of hydrazine groups is 1. The quantitative estimate of drug-likeness (QED) is 0.428. The zero-order chi connectivity index (χ0) is 18.6. The molecule has 0 aliphatic heterocycles. The van der Waals surface area contributed by atoms with E-state index in [9.17, 15) is 4.79 Å². The summed E-state index contributed by atoms with van der Waals surface area (Å²) in [6, 6.07) is 15.5. The van der Waals surface area contributed by atoms with E-state index in [1.54, 1.807) is 6.20 Å². The summed E-state index contributed by atoms with van der Waals surface area (Å²) in [5, 5.41) is 9.15. The van der Waals surface area contributed by atoms with Crippen molar-refractivity contribution in [1.82, 2.24) is 25.6 Å². The number of nitrogens with zero attached hydrogens (tertiary/aromatic N) is 3. The SMILES string of the molecule is O=C(Cc1c[nH]c2ccccc12)NNc1ncc(-c2ccc(Br)cc2)nn1. The molecule has 4 aromatic rings. The molecule has 8 heteroatoms. The van der Waals surface area contributed by atoms with E-state index < -0.39 is 0 Å². The number of benzene rings is 2. The molecule has 0 aliphatic rings. The van der Waals surface area contributed by atoms with Gasteiger partial charge in [0, 0.05) is 27.1 Å². The minimum atomic E-state index is -0.194. The Hall–Kier alpha value is -3.26. The maximum absolute atomic E-state index is 12.2. The van der Waals surface area contributed by atoms with Crippen LogP contribution in [0.25, 0.3) is 22.2 Å². The summed E-state index contributed by atoms with van der Waals surface area (Å²) >= 11 is 3.39. The Morgan fingerprint density at radius 3 is 2.67 bits per heavy atom. The van der Waals surface area contributed by atoms with Gasteiger partial charge in [-0.2, -0.15) is 0 Å². The van der Waals surface area contributed by atoms with Gasteiger partial charge >= 0.3 is 0 Å². The molecule has 0 unspecified atom stereocenters. The Morgan fingerprint density at radius 2 is 1.89 bits per heavy atom. The van der Waals surface area contributed by atoms with Crippen molar-refractivity contribution in [2.45, 2.75) is 6.42 Å². The minimum Gasteiger partial charge on any atom is -0.361 e. The van der Waals surface area contributed by atoms with Crippen LogP contribution >= 0.6 is 15.9 Å². The van der Waals surface area contributed by atoms with Crippen LogP contribution in [0.4, 0.5) is 5.95 Å². The third-order valence-corrected chi connectivity index (χ3v) is 4.57. The Bertz CT molecular complexity index is 1080. The second-order valence-electron chi connectivity index (χ2n) is 5.88. The van der Waals surface area contributed by atoms with Gasteiger partial charge in [0.25, 0.3) is 5.95 Å². The predicted molar refractivity (Wildman–Crippen MR) is 107 cm³/mol. The largest absolute Gasteiger partial charge is 0.361 e. The number of aromatic amines is 1. The molecule has 0 spiro atoms. The van der Waals surface area contributed by atoms with Crippen molar-refractivity contribution >= 4 is 38.7 Å². The standard InChI is InChI=1S/C19H15BrN6O/c20-14-7-5-12(6-8-14)17-11-22-19(25-23-17)26-24-18(27)9-13-10-21-16-4-2-1-3-15(13)16/h1-8,10-11,21H,9H2,(H,24,27)(H,22,25,26). The predicted octanol–water partition coefficient (Wildman–Crippen LogP) is 3.47. The summed E-state index contributed by atoms with van der Waals surface area (Å²) in [7, 11) is 0. The average molecular weight is 423 g/mol. The molecule has 0 atom stereocenters. The molecule has 2 heterocycles. The molecule has 2 aromatic carbocycles. The third-order valence-electron chi connectivity index (χ3n) is 4.04. The average Bonchev–Trinajstić information content (AvgIpc) is 3.10. The highest BCUT2D eigenvalue weighted by Gasteiger charge is 2.09. The van der Waals surface area contributed by atoms with Gasteiger partial charge in [-0.05, 0) is 23.8 Å². The number of nitrogens with one attached hydrogen (secondary N) is 3. The number of rotatable bonds is 5. The van der Waals surface area contributed by atoms with Crippen LogP contribution in [0.1, 0.15) is 5.56 Å². The highest BCUT2D eigenvalue weighted by molar-refractivity contribution is 9.10. The van der Waals surface area contributed by atoms with Gasteiger partial charge in [-0.1, -0.05) is 46.3 Å². The summed E-state index contributed by atoms with van der Waals surface area (Å²) < 4.78 is 0.989. The number of hydrogen-bond donors (Lipinski definition) is 3. The molecule has 7 nitrogen and oxygen atoms in total. The number of aromatic nitrogens is 4. The van der Waals surface area contributed by atoms with E-state index in [0.29, 0.717) is 5.69 Å². The third kappa shape index (κ3) is 3.95. The van der Waals surface area contributed by atoms with E-state index in [-0.39, 0.29) is 18.3 Å². The molecule has 3 N–H and O–H groups in total. The van der Waals surface area contributed by atoms with Gasteiger partial charge in [-0.25, -0.2) is 4.98 Å². The first kappa shape index (κ1) is 17.2. The molecular formula is C19H15BrN6O. The van der Waals surface area contributed by atoms with E-state index in [4.69, 9.17) is 0 Å². The fourth-order valence-corrected chi connectivity index (χ4v) is 2.97. The Balaban J connectivity index is 1.37. The lowest BCUT2D eigenvalue weighted by molar-refractivity contribution is -0.119. The Labute approximate surface area is 163 Å². The first-order valence-electron chi connectivity index (χ1n) is 8.24. The van der Waals surface area contributed by atoms with Gasteiger partial charge in [0.1, 0.15) is 5.69 Å². The van der Waals surface area contributed by atoms with Crippen molar-refractivity contribution in [2.75, 3.05) is 5.43 Å². The molecule has 0 saturated carbocycles. The van der Waals surface area contributed by atoms with Crippen molar-refractivity contribution in [1.29, 1.82) is 0 Å². The van der Waals surface area contributed by atoms with Gasteiger partial charge < -0.3 is 4.98 Å². The molecule has 27 heavy (non-hydrogen) atoms. The van der Waals surface area contributed by atoms with Gasteiger partial charge in [-0.15, -0.1) is 10.2 Å². The molecule has 1 amide bonds. The van der Waals surface area contributed by atoms with Crippen molar-refractivity contribution in [2.24, 2.45) is 0 Å². The molecule has 2 aromatic heterocycles. The lowest BCUT2D eigenvalue weighted by atomic mass is 10.1. The highest BCUT2D eigenvalue weighted by atomic mass is 79.9. The van der Waals surface area contributed by atoms with Crippen LogP contribution < -0.4 is 10.9 Å². The van der Waals surface area contributed by atoms with Crippen molar-refractivity contribution in [3.8, 4) is 11.3 Å². The number of para-hydroxylation sites is 1. The molecule has 0 radical (unpaired) electrons. The van der Waals surface area contributed by atoms with Gasteiger partial charge in [0.15, 0.2) is 0 Å². The van der Waals surface area contributed by atoms with Crippen LogP contribution in [0.2, 0.25) is 0 Å². The molecule has 0 aliphatic carbocycles. The van der Waals surface area contributed by atoms with Gasteiger partial charge in [0.2, 0.25) is 5.91 Å². The van der Waals surface area contributed by atoms with Crippen LogP contribution in [0.3, 0.4) is 0 Å². The highest BCUT2D eigenvalue weighted by Crippen LogP contribution is 2.19. The lowest BCUT2D eigenvalue weighted by Crippen LogP contribution is -2.31. The number of halogens is 1. The normalized spacial score (nSPS) is 10.7. The van der Waals surface area contributed by atoms with E-state index >= 15 is 0 Å². The topological polar surface area (TPSA) is 95.6 Å². The molecule has 0 fully saturated rings. The van der Waals surface area contributed by atoms with Crippen molar-refractivity contribution < 1.29 is 4.79 Å². The van der Waals surface area contributed by atoms with E-state index in [1.807, 2.05) is 54.7 Å².